The monoisotopic (exact) mass is 307 g/mol. The van der Waals surface area contributed by atoms with Gasteiger partial charge in [-0.2, -0.15) is 5.10 Å². The minimum atomic E-state index is -0.267. The molecule has 3 aromatic heterocycles. The Balaban J connectivity index is 1.89. The standard InChI is InChI=1S/C17H17N5O/c1-3-13-15(12-7-9-18-10-8-12)21-22-16(13)20-17(23)14-6-4-5-11(2)19-14/h4-10H,3H2,1-2H3,(H2,20,21,22,23). The highest BCUT2D eigenvalue weighted by atomic mass is 16.1. The quantitative estimate of drug-likeness (QED) is 0.776. The Morgan fingerprint density at radius 2 is 2.00 bits per heavy atom. The van der Waals surface area contributed by atoms with Gasteiger partial charge < -0.3 is 5.32 Å². The van der Waals surface area contributed by atoms with E-state index in [9.17, 15) is 4.79 Å². The second-order valence-electron chi connectivity index (χ2n) is 5.13. The number of H-pyrrole nitrogens is 1. The molecule has 0 bridgehead atoms. The van der Waals surface area contributed by atoms with Gasteiger partial charge >= 0.3 is 0 Å². The predicted molar refractivity (Wildman–Crippen MR) is 88.1 cm³/mol. The molecule has 23 heavy (non-hydrogen) atoms. The van der Waals surface area contributed by atoms with E-state index < -0.39 is 0 Å². The van der Waals surface area contributed by atoms with Crippen molar-refractivity contribution < 1.29 is 4.79 Å². The summed E-state index contributed by atoms with van der Waals surface area (Å²) < 4.78 is 0. The van der Waals surface area contributed by atoms with Gasteiger partial charge in [-0.3, -0.25) is 14.9 Å². The Morgan fingerprint density at radius 1 is 1.22 bits per heavy atom. The van der Waals surface area contributed by atoms with Crippen LogP contribution in [0.4, 0.5) is 5.82 Å². The summed E-state index contributed by atoms with van der Waals surface area (Å²) in [5, 5.41) is 10.1. The van der Waals surface area contributed by atoms with E-state index in [1.54, 1.807) is 18.5 Å². The summed E-state index contributed by atoms with van der Waals surface area (Å²) in [5.74, 6) is 0.267. The molecule has 116 valence electrons. The molecule has 0 spiro atoms. The van der Waals surface area contributed by atoms with E-state index in [1.807, 2.05) is 38.1 Å². The van der Waals surface area contributed by atoms with Gasteiger partial charge in [-0.05, 0) is 37.6 Å². The Morgan fingerprint density at radius 3 is 2.70 bits per heavy atom. The number of aryl methyl sites for hydroxylation is 1. The molecule has 0 unspecified atom stereocenters. The Hall–Kier alpha value is -3.02. The van der Waals surface area contributed by atoms with Gasteiger partial charge in [0.2, 0.25) is 0 Å². The fourth-order valence-electron chi connectivity index (χ4n) is 2.41. The minimum absolute atomic E-state index is 0.267. The number of pyridine rings is 2. The lowest BCUT2D eigenvalue weighted by atomic mass is 10.1. The van der Waals surface area contributed by atoms with Gasteiger partial charge in [-0.15, -0.1) is 0 Å². The van der Waals surface area contributed by atoms with Gasteiger partial charge in [0.25, 0.3) is 5.91 Å². The number of aromatic amines is 1. The molecular weight excluding hydrogens is 290 g/mol. The number of hydrogen-bond acceptors (Lipinski definition) is 4. The average Bonchev–Trinajstić information content (AvgIpc) is 2.98. The second-order valence-corrected chi connectivity index (χ2v) is 5.13. The zero-order chi connectivity index (χ0) is 16.2. The molecule has 0 fully saturated rings. The summed E-state index contributed by atoms with van der Waals surface area (Å²) >= 11 is 0. The van der Waals surface area contributed by atoms with E-state index in [0.29, 0.717) is 11.5 Å². The molecule has 0 radical (unpaired) electrons. The number of hydrogen-bond donors (Lipinski definition) is 2. The van der Waals surface area contributed by atoms with E-state index in [-0.39, 0.29) is 5.91 Å². The Bertz CT molecular complexity index is 826. The number of carbonyl (C=O) groups excluding carboxylic acids is 1. The van der Waals surface area contributed by atoms with Crippen molar-refractivity contribution in [3.05, 3.63) is 59.7 Å². The Kier molecular flexibility index (Phi) is 4.14. The van der Waals surface area contributed by atoms with Gasteiger partial charge in [0.1, 0.15) is 5.69 Å². The zero-order valence-corrected chi connectivity index (χ0v) is 13.0. The van der Waals surface area contributed by atoms with Crippen LogP contribution in [0.1, 0.15) is 28.7 Å². The van der Waals surface area contributed by atoms with Crippen molar-refractivity contribution in [3.8, 4) is 11.3 Å². The number of carbonyl (C=O) groups is 1. The number of rotatable bonds is 4. The fourth-order valence-corrected chi connectivity index (χ4v) is 2.41. The van der Waals surface area contributed by atoms with Gasteiger partial charge in [-0.25, -0.2) is 4.98 Å². The summed E-state index contributed by atoms with van der Waals surface area (Å²) in [7, 11) is 0. The lowest BCUT2D eigenvalue weighted by Crippen LogP contribution is -2.15. The highest BCUT2D eigenvalue weighted by Crippen LogP contribution is 2.27. The minimum Gasteiger partial charge on any atom is -0.303 e. The highest BCUT2D eigenvalue weighted by molar-refractivity contribution is 6.03. The number of anilines is 1. The third kappa shape index (κ3) is 3.11. The SMILES string of the molecule is CCc1c(NC(=O)c2cccc(C)n2)n[nH]c1-c1ccncc1. The van der Waals surface area contributed by atoms with E-state index in [1.165, 1.54) is 0 Å². The van der Waals surface area contributed by atoms with E-state index in [0.717, 1.165) is 28.9 Å². The number of aromatic nitrogens is 4. The lowest BCUT2D eigenvalue weighted by Gasteiger charge is -2.05. The third-order valence-corrected chi connectivity index (χ3v) is 3.54. The molecule has 3 rings (SSSR count). The molecule has 3 heterocycles. The van der Waals surface area contributed by atoms with Crippen LogP contribution in [-0.2, 0) is 6.42 Å². The van der Waals surface area contributed by atoms with Crippen molar-refractivity contribution >= 4 is 11.7 Å². The van der Waals surface area contributed by atoms with Crippen LogP contribution in [0.3, 0.4) is 0 Å². The van der Waals surface area contributed by atoms with Crippen LogP contribution >= 0.6 is 0 Å². The van der Waals surface area contributed by atoms with Crippen LogP contribution < -0.4 is 5.32 Å². The normalized spacial score (nSPS) is 10.5. The second kappa shape index (κ2) is 6.39. The summed E-state index contributed by atoms with van der Waals surface area (Å²) in [6.45, 7) is 3.88. The first-order chi connectivity index (χ1) is 11.2. The maximum absolute atomic E-state index is 12.3. The van der Waals surface area contributed by atoms with Crippen LogP contribution in [0.15, 0.2) is 42.7 Å². The lowest BCUT2D eigenvalue weighted by molar-refractivity contribution is 0.102. The first-order valence-corrected chi connectivity index (χ1v) is 7.41. The molecule has 3 aromatic rings. The van der Waals surface area contributed by atoms with Crippen molar-refractivity contribution in [2.45, 2.75) is 20.3 Å². The molecule has 1 amide bonds. The molecule has 0 aliphatic carbocycles. The maximum atomic E-state index is 12.3. The van der Waals surface area contributed by atoms with Crippen LogP contribution in [0, 0.1) is 6.92 Å². The van der Waals surface area contributed by atoms with Crippen LogP contribution in [0.2, 0.25) is 0 Å². The molecule has 0 aliphatic heterocycles. The summed E-state index contributed by atoms with van der Waals surface area (Å²) in [6, 6.07) is 9.15. The average molecular weight is 307 g/mol. The molecule has 0 atom stereocenters. The topological polar surface area (TPSA) is 83.6 Å². The highest BCUT2D eigenvalue weighted by Gasteiger charge is 2.16. The fraction of sp³-hybridized carbons (Fsp3) is 0.176. The number of nitrogens with zero attached hydrogens (tertiary/aromatic N) is 3. The molecule has 2 N–H and O–H groups in total. The summed E-state index contributed by atoms with van der Waals surface area (Å²) in [6.07, 6.45) is 4.19. The summed E-state index contributed by atoms with van der Waals surface area (Å²) in [4.78, 5) is 20.6. The van der Waals surface area contributed by atoms with Crippen LogP contribution in [-0.4, -0.2) is 26.1 Å². The summed E-state index contributed by atoms with van der Waals surface area (Å²) in [5.41, 5.74) is 4.01. The molecule has 0 saturated heterocycles. The molecular formula is C17H17N5O. The zero-order valence-electron chi connectivity index (χ0n) is 13.0. The van der Waals surface area contributed by atoms with Gasteiger partial charge in [0, 0.05) is 29.2 Å². The van der Waals surface area contributed by atoms with Crippen LogP contribution in [0.25, 0.3) is 11.3 Å². The van der Waals surface area contributed by atoms with E-state index in [4.69, 9.17) is 0 Å². The van der Waals surface area contributed by atoms with E-state index >= 15 is 0 Å². The van der Waals surface area contributed by atoms with Gasteiger partial charge in [-0.1, -0.05) is 13.0 Å². The smallest absolute Gasteiger partial charge is 0.275 e. The predicted octanol–water partition coefficient (Wildman–Crippen LogP) is 2.99. The molecule has 0 aliphatic rings. The third-order valence-electron chi connectivity index (χ3n) is 3.54. The first kappa shape index (κ1) is 14.9. The molecule has 6 nitrogen and oxygen atoms in total. The Labute approximate surface area is 134 Å². The first-order valence-electron chi connectivity index (χ1n) is 7.41. The van der Waals surface area contributed by atoms with Crippen molar-refractivity contribution in [2.75, 3.05) is 5.32 Å². The van der Waals surface area contributed by atoms with Gasteiger partial charge in [0.15, 0.2) is 5.82 Å². The molecule has 0 aromatic carbocycles. The van der Waals surface area contributed by atoms with Crippen molar-refractivity contribution in [2.24, 2.45) is 0 Å². The maximum Gasteiger partial charge on any atom is 0.275 e. The van der Waals surface area contributed by atoms with E-state index in [2.05, 4.69) is 25.5 Å². The number of amides is 1. The molecule has 6 heteroatoms. The largest absolute Gasteiger partial charge is 0.303 e. The van der Waals surface area contributed by atoms with Crippen molar-refractivity contribution in [1.82, 2.24) is 20.2 Å². The molecule has 0 saturated carbocycles. The number of nitrogens with one attached hydrogen (secondary N) is 2. The van der Waals surface area contributed by atoms with Crippen molar-refractivity contribution in [1.29, 1.82) is 0 Å². The van der Waals surface area contributed by atoms with Gasteiger partial charge in [0.05, 0.1) is 5.69 Å². The van der Waals surface area contributed by atoms with Crippen molar-refractivity contribution in [3.63, 3.8) is 0 Å². The van der Waals surface area contributed by atoms with Crippen LogP contribution in [0.5, 0.6) is 0 Å².